The number of halogens is 1. The Balaban J connectivity index is 1.87. The molecule has 0 fully saturated rings. The number of nitrogens with one attached hydrogen (secondary N) is 1. The number of aromatic nitrogens is 2. The van der Waals surface area contributed by atoms with Crippen molar-refractivity contribution in [1.29, 1.82) is 0 Å². The number of carbonyl (C=O) groups excluding carboxylic acids is 1. The number of aliphatic hydroxyl groups excluding tert-OH is 1. The van der Waals surface area contributed by atoms with Gasteiger partial charge in [-0.05, 0) is 43.7 Å². The highest BCUT2D eigenvalue weighted by atomic mass is 35.5. The number of anilines is 1. The summed E-state index contributed by atoms with van der Waals surface area (Å²) in [5, 5.41) is 13.4. The van der Waals surface area contributed by atoms with Crippen molar-refractivity contribution in [3.05, 3.63) is 58.9 Å². The second-order valence-electron chi connectivity index (χ2n) is 5.73. The minimum Gasteiger partial charge on any atom is -0.385 e. The van der Waals surface area contributed by atoms with E-state index >= 15 is 0 Å². The first kappa shape index (κ1) is 16.5. The molecule has 2 aromatic carbocycles. The molecule has 1 unspecified atom stereocenters. The molecular weight excluding hydrogens is 326 g/mol. The number of fused-ring (bicyclic) bond motifs is 1. The highest BCUT2D eigenvalue weighted by molar-refractivity contribution is 6.31. The molecule has 0 saturated carbocycles. The van der Waals surface area contributed by atoms with Gasteiger partial charge in [-0.25, -0.2) is 4.98 Å². The zero-order valence-electron chi connectivity index (χ0n) is 13.5. The van der Waals surface area contributed by atoms with E-state index in [2.05, 4.69) is 10.3 Å². The van der Waals surface area contributed by atoms with Crippen molar-refractivity contribution in [1.82, 2.24) is 9.55 Å². The van der Waals surface area contributed by atoms with Crippen LogP contribution in [0.5, 0.6) is 0 Å². The fraction of sp³-hybridized carbons (Fsp3) is 0.222. The highest BCUT2D eigenvalue weighted by Gasteiger charge is 2.17. The highest BCUT2D eigenvalue weighted by Crippen LogP contribution is 2.22. The monoisotopic (exact) mass is 343 g/mol. The molecule has 5 nitrogen and oxygen atoms in total. The molecule has 0 spiro atoms. The molecule has 6 heteroatoms. The van der Waals surface area contributed by atoms with E-state index < -0.39 is 6.10 Å². The minimum atomic E-state index is -0.765. The van der Waals surface area contributed by atoms with Gasteiger partial charge in [-0.2, -0.15) is 0 Å². The molecule has 2 N–H and O–H groups in total. The third-order valence-electron chi connectivity index (χ3n) is 3.82. The van der Waals surface area contributed by atoms with Crippen molar-refractivity contribution >= 4 is 34.2 Å². The SMILES string of the molecule is Cc1ccc(NC(=O)Cn2c(C(C)O)nc3ccccc32)cc1Cl. The van der Waals surface area contributed by atoms with Gasteiger partial charge in [-0.15, -0.1) is 0 Å². The van der Waals surface area contributed by atoms with E-state index in [1.165, 1.54) is 0 Å². The molecule has 0 aliphatic heterocycles. The van der Waals surface area contributed by atoms with E-state index in [4.69, 9.17) is 11.6 Å². The zero-order chi connectivity index (χ0) is 17.3. The Kier molecular flexibility index (Phi) is 4.55. The first-order chi connectivity index (χ1) is 11.5. The Bertz CT molecular complexity index is 902. The average Bonchev–Trinajstić information content (AvgIpc) is 2.90. The van der Waals surface area contributed by atoms with Crippen molar-refractivity contribution in [2.24, 2.45) is 0 Å². The number of aliphatic hydroxyl groups is 1. The standard InChI is InChI=1S/C18H18ClN3O2/c1-11-7-8-13(9-14(11)19)20-17(24)10-22-16-6-4-3-5-15(16)21-18(22)12(2)23/h3-9,12,23H,10H2,1-2H3,(H,20,24). The van der Waals surface area contributed by atoms with Crippen LogP contribution in [0.15, 0.2) is 42.5 Å². The second kappa shape index (κ2) is 6.63. The predicted molar refractivity (Wildman–Crippen MR) is 95.2 cm³/mol. The summed E-state index contributed by atoms with van der Waals surface area (Å²) in [6, 6.07) is 12.9. The van der Waals surface area contributed by atoms with Crippen molar-refractivity contribution in [2.75, 3.05) is 5.32 Å². The maximum absolute atomic E-state index is 12.4. The molecule has 124 valence electrons. The van der Waals surface area contributed by atoms with Gasteiger partial charge in [0.25, 0.3) is 0 Å². The van der Waals surface area contributed by atoms with Gasteiger partial charge >= 0.3 is 0 Å². The zero-order valence-corrected chi connectivity index (χ0v) is 14.2. The van der Waals surface area contributed by atoms with Crippen LogP contribution < -0.4 is 5.32 Å². The van der Waals surface area contributed by atoms with Crippen molar-refractivity contribution in [3.63, 3.8) is 0 Å². The van der Waals surface area contributed by atoms with Crippen LogP contribution >= 0.6 is 11.6 Å². The molecule has 0 radical (unpaired) electrons. The summed E-state index contributed by atoms with van der Waals surface area (Å²) >= 11 is 6.09. The summed E-state index contributed by atoms with van der Waals surface area (Å²) in [6.45, 7) is 3.60. The van der Waals surface area contributed by atoms with Gasteiger partial charge in [0, 0.05) is 10.7 Å². The van der Waals surface area contributed by atoms with Crippen molar-refractivity contribution in [2.45, 2.75) is 26.5 Å². The summed E-state index contributed by atoms with van der Waals surface area (Å²) in [6.07, 6.45) is -0.765. The van der Waals surface area contributed by atoms with Gasteiger partial charge in [0.1, 0.15) is 18.5 Å². The third kappa shape index (κ3) is 3.27. The summed E-state index contributed by atoms with van der Waals surface area (Å²) in [5.74, 6) is 0.258. The molecule has 1 aromatic heterocycles. The number of carbonyl (C=O) groups is 1. The van der Waals surface area contributed by atoms with Gasteiger partial charge < -0.3 is 15.0 Å². The molecule has 0 bridgehead atoms. The van der Waals surface area contributed by atoms with Gasteiger partial charge in [-0.3, -0.25) is 4.79 Å². The molecule has 3 rings (SSSR count). The molecule has 24 heavy (non-hydrogen) atoms. The molecule has 1 heterocycles. The van der Waals surface area contributed by atoms with Crippen LogP contribution in [0.4, 0.5) is 5.69 Å². The molecule has 3 aromatic rings. The van der Waals surface area contributed by atoms with Crippen LogP contribution in [-0.2, 0) is 11.3 Å². The topological polar surface area (TPSA) is 67.2 Å². The summed E-state index contributed by atoms with van der Waals surface area (Å²) in [5.41, 5.74) is 3.15. The minimum absolute atomic E-state index is 0.0617. The normalized spacial score (nSPS) is 12.3. The fourth-order valence-corrected chi connectivity index (χ4v) is 2.77. The first-order valence-electron chi connectivity index (χ1n) is 7.65. The van der Waals surface area contributed by atoms with Crippen LogP contribution in [0.3, 0.4) is 0 Å². The Labute approximate surface area is 144 Å². The predicted octanol–water partition coefficient (Wildman–Crippen LogP) is 3.69. The van der Waals surface area contributed by atoms with E-state index in [-0.39, 0.29) is 12.5 Å². The Morgan fingerprint density at radius 2 is 2.08 bits per heavy atom. The molecule has 0 aliphatic carbocycles. The van der Waals surface area contributed by atoms with Gasteiger partial charge in [0.15, 0.2) is 0 Å². The van der Waals surface area contributed by atoms with Crippen molar-refractivity contribution < 1.29 is 9.90 Å². The quantitative estimate of drug-likeness (QED) is 0.759. The Morgan fingerprint density at radius 3 is 2.79 bits per heavy atom. The largest absolute Gasteiger partial charge is 0.385 e. The van der Waals surface area contributed by atoms with Crippen LogP contribution in [-0.4, -0.2) is 20.6 Å². The molecule has 1 amide bonds. The smallest absolute Gasteiger partial charge is 0.244 e. The number of rotatable bonds is 4. The second-order valence-corrected chi connectivity index (χ2v) is 6.14. The lowest BCUT2D eigenvalue weighted by Gasteiger charge is -2.12. The number of nitrogens with zero attached hydrogens (tertiary/aromatic N) is 2. The number of amides is 1. The summed E-state index contributed by atoms with van der Waals surface area (Å²) in [7, 11) is 0. The average molecular weight is 344 g/mol. The van der Waals surface area contributed by atoms with Crippen molar-refractivity contribution in [3.8, 4) is 0 Å². The van der Waals surface area contributed by atoms with Crippen LogP contribution in [0.2, 0.25) is 5.02 Å². The number of hydrogen-bond donors (Lipinski definition) is 2. The number of hydrogen-bond acceptors (Lipinski definition) is 3. The van der Waals surface area contributed by atoms with E-state index in [1.807, 2.05) is 37.3 Å². The maximum Gasteiger partial charge on any atom is 0.244 e. The van der Waals surface area contributed by atoms with Gasteiger partial charge in [0.2, 0.25) is 5.91 Å². The van der Waals surface area contributed by atoms with E-state index in [1.54, 1.807) is 23.6 Å². The molecule has 0 aliphatic rings. The molecule has 1 atom stereocenters. The number of aryl methyl sites for hydroxylation is 1. The lowest BCUT2D eigenvalue weighted by Crippen LogP contribution is -2.20. The van der Waals surface area contributed by atoms with E-state index in [0.29, 0.717) is 16.5 Å². The van der Waals surface area contributed by atoms with Crippen LogP contribution in [0, 0.1) is 6.92 Å². The number of para-hydroxylation sites is 2. The Morgan fingerprint density at radius 1 is 1.33 bits per heavy atom. The first-order valence-corrected chi connectivity index (χ1v) is 8.02. The number of benzene rings is 2. The van der Waals surface area contributed by atoms with Gasteiger partial charge in [-0.1, -0.05) is 29.8 Å². The Hall–Kier alpha value is -2.37. The molecular formula is C18H18ClN3O2. The van der Waals surface area contributed by atoms with Crippen LogP contribution in [0.25, 0.3) is 11.0 Å². The third-order valence-corrected chi connectivity index (χ3v) is 4.22. The van der Waals surface area contributed by atoms with Gasteiger partial charge in [0.05, 0.1) is 11.0 Å². The summed E-state index contributed by atoms with van der Waals surface area (Å²) < 4.78 is 1.73. The lowest BCUT2D eigenvalue weighted by molar-refractivity contribution is -0.116. The fourth-order valence-electron chi connectivity index (χ4n) is 2.59. The van der Waals surface area contributed by atoms with E-state index in [9.17, 15) is 9.90 Å². The van der Waals surface area contributed by atoms with E-state index in [0.717, 1.165) is 16.6 Å². The number of imidazole rings is 1. The maximum atomic E-state index is 12.4. The lowest BCUT2D eigenvalue weighted by atomic mass is 10.2. The summed E-state index contributed by atoms with van der Waals surface area (Å²) in [4.78, 5) is 16.8. The molecule has 0 saturated heterocycles. The van der Waals surface area contributed by atoms with Crippen LogP contribution in [0.1, 0.15) is 24.4 Å².